The van der Waals surface area contributed by atoms with Crippen LogP contribution in [0.3, 0.4) is 0 Å². The zero-order valence-corrected chi connectivity index (χ0v) is 8.76. The lowest BCUT2D eigenvalue weighted by molar-refractivity contribution is -0.0176. The van der Waals surface area contributed by atoms with E-state index in [4.69, 9.17) is 6.42 Å². The van der Waals surface area contributed by atoms with Gasteiger partial charge in [0.15, 0.2) is 0 Å². The molecule has 0 radical (unpaired) electrons. The molecule has 0 amide bonds. The van der Waals surface area contributed by atoms with E-state index in [-0.39, 0.29) is 0 Å². The van der Waals surface area contributed by atoms with Crippen molar-refractivity contribution >= 4 is 0 Å². The van der Waals surface area contributed by atoms with E-state index < -0.39 is 0 Å². The third-order valence-electron chi connectivity index (χ3n) is 4.60. The molecule has 4 rings (SSSR count). The molecule has 0 heterocycles. The lowest BCUT2D eigenvalue weighted by atomic mass is 9.53. The summed E-state index contributed by atoms with van der Waals surface area (Å²) in [7, 11) is 0. The van der Waals surface area contributed by atoms with Crippen molar-refractivity contribution in [2.45, 2.75) is 44.1 Å². The Morgan fingerprint density at radius 1 is 1.07 bits per heavy atom. The summed E-state index contributed by atoms with van der Waals surface area (Å²) in [6, 6.07) is 0. The summed E-state index contributed by atoms with van der Waals surface area (Å²) in [6.45, 7) is 0.770. The van der Waals surface area contributed by atoms with Gasteiger partial charge in [-0.2, -0.15) is 0 Å². The molecule has 1 heteroatoms. The minimum absolute atomic E-state index is 0.459. The van der Waals surface area contributed by atoms with E-state index in [9.17, 15) is 0 Å². The molecular weight excluding hydrogens is 170 g/mol. The fourth-order valence-corrected chi connectivity index (χ4v) is 4.57. The summed E-state index contributed by atoms with van der Waals surface area (Å²) in [4.78, 5) is 0. The zero-order valence-electron chi connectivity index (χ0n) is 8.76. The first kappa shape index (κ1) is 8.80. The molecule has 4 fully saturated rings. The number of rotatable bonds is 2. The van der Waals surface area contributed by atoms with E-state index in [1.54, 1.807) is 0 Å². The van der Waals surface area contributed by atoms with Gasteiger partial charge in [-0.3, -0.25) is 0 Å². The third-order valence-corrected chi connectivity index (χ3v) is 4.60. The predicted octanol–water partition coefficient (Wildman–Crippen LogP) is 2.18. The van der Waals surface area contributed by atoms with E-state index >= 15 is 0 Å². The molecule has 0 atom stereocenters. The van der Waals surface area contributed by atoms with Crippen LogP contribution in [0.5, 0.6) is 0 Å². The summed E-state index contributed by atoms with van der Waals surface area (Å²) in [6.07, 6.45) is 14.1. The first-order chi connectivity index (χ1) is 6.80. The van der Waals surface area contributed by atoms with Gasteiger partial charge >= 0.3 is 0 Å². The smallest absolute Gasteiger partial charge is 0.0578 e. The van der Waals surface area contributed by atoms with Crippen LogP contribution in [0.25, 0.3) is 0 Å². The Morgan fingerprint density at radius 3 is 2.00 bits per heavy atom. The van der Waals surface area contributed by atoms with E-state index in [1.807, 2.05) is 0 Å². The molecule has 0 aromatic carbocycles. The molecular formula is C13H19N. The number of hydrogen-bond acceptors (Lipinski definition) is 1. The van der Waals surface area contributed by atoms with E-state index in [1.165, 1.54) is 38.5 Å². The van der Waals surface area contributed by atoms with Crippen molar-refractivity contribution in [1.82, 2.24) is 5.32 Å². The van der Waals surface area contributed by atoms with Crippen molar-refractivity contribution in [3.05, 3.63) is 0 Å². The maximum absolute atomic E-state index is 5.35. The Labute approximate surface area is 86.7 Å². The number of terminal acetylenes is 1. The fraction of sp³-hybridized carbons (Fsp3) is 0.846. The third kappa shape index (κ3) is 1.28. The molecule has 4 saturated carbocycles. The van der Waals surface area contributed by atoms with Gasteiger partial charge in [0.25, 0.3) is 0 Å². The molecule has 4 bridgehead atoms. The van der Waals surface area contributed by atoms with Crippen LogP contribution in [0.1, 0.15) is 38.5 Å². The second kappa shape index (κ2) is 3.00. The van der Waals surface area contributed by atoms with Crippen LogP contribution in [-0.4, -0.2) is 12.1 Å². The summed E-state index contributed by atoms with van der Waals surface area (Å²) < 4.78 is 0. The number of hydrogen-bond donors (Lipinski definition) is 1. The second-order valence-corrected chi connectivity index (χ2v) is 5.76. The summed E-state index contributed by atoms with van der Waals surface area (Å²) in [5.41, 5.74) is 0.459. The molecule has 76 valence electrons. The van der Waals surface area contributed by atoms with Crippen LogP contribution in [0.4, 0.5) is 0 Å². The van der Waals surface area contributed by atoms with E-state index in [0.29, 0.717) is 5.54 Å². The minimum Gasteiger partial charge on any atom is -0.301 e. The molecule has 1 N–H and O–H groups in total. The lowest BCUT2D eigenvalue weighted by Gasteiger charge is -2.57. The van der Waals surface area contributed by atoms with Gasteiger partial charge in [-0.15, -0.1) is 6.42 Å². The molecule has 14 heavy (non-hydrogen) atoms. The Hall–Kier alpha value is -0.480. The first-order valence-corrected chi connectivity index (χ1v) is 5.98. The van der Waals surface area contributed by atoms with Crippen molar-refractivity contribution in [2.75, 3.05) is 6.54 Å². The van der Waals surface area contributed by atoms with Crippen molar-refractivity contribution in [3.63, 3.8) is 0 Å². The van der Waals surface area contributed by atoms with Crippen molar-refractivity contribution in [3.8, 4) is 12.3 Å². The van der Waals surface area contributed by atoms with Gasteiger partial charge in [0, 0.05) is 5.54 Å². The largest absolute Gasteiger partial charge is 0.301 e. The topological polar surface area (TPSA) is 12.0 Å². The summed E-state index contributed by atoms with van der Waals surface area (Å²) in [5, 5.41) is 3.64. The van der Waals surface area contributed by atoms with Crippen molar-refractivity contribution < 1.29 is 0 Å². The predicted molar refractivity (Wildman–Crippen MR) is 57.7 cm³/mol. The fourth-order valence-electron chi connectivity index (χ4n) is 4.57. The molecule has 0 saturated heterocycles. The summed E-state index contributed by atoms with van der Waals surface area (Å²) in [5.74, 6) is 5.79. The zero-order chi connectivity index (χ0) is 9.60. The average molecular weight is 189 g/mol. The standard InChI is InChI=1S/C13H19N/c1-2-3-14-13-7-10-4-11(8-13)6-12(5-10)9-13/h1,10-12,14H,3-9H2. The highest BCUT2D eigenvalue weighted by Gasteiger charge is 2.50. The van der Waals surface area contributed by atoms with Crippen LogP contribution >= 0.6 is 0 Å². The van der Waals surface area contributed by atoms with Crippen molar-refractivity contribution in [2.24, 2.45) is 17.8 Å². The molecule has 4 aliphatic carbocycles. The maximum atomic E-state index is 5.35. The molecule has 0 aromatic heterocycles. The van der Waals surface area contributed by atoms with Crippen molar-refractivity contribution in [1.29, 1.82) is 0 Å². The molecule has 4 aliphatic rings. The SMILES string of the molecule is C#CCNC12CC3CC(CC(C3)C1)C2. The van der Waals surface area contributed by atoms with Gasteiger partial charge in [0.1, 0.15) is 0 Å². The van der Waals surface area contributed by atoms with Gasteiger partial charge < -0.3 is 5.32 Å². The van der Waals surface area contributed by atoms with Gasteiger partial charge in [-0.05, 0) is 56.3 Å². The van der Waals surface area contributed by atoms with Crippen LogP contribution in [0.2, 0.25) is 0 Å². The highest BCUT2D eigenvalue weighted by Crippen LogP contribution is 2.55. The lowest BCUT2D eigenvalue weighted by Crippen LogP contribution is -2.58. The Kier molecular flexibility index (Phi) is 1.89. The molecule has 0 aliphatic heterocycles. The van der Waals surface area contributed by atoms with E-state index in [0.717, 1.165) is 24.3 Å². The van der Waals surface area contributed by atoms with Crippen LogP contribution in [-0.2, 0) is 0 Å². The Balaban J connectivity index is 1.78. The normalized spacial score (nSPS) is 49.2. The van der Waals surface area contributed by atoms with Crippen LogP contribution < -0.4 is 5.32 Å². The van der Waals surface area contributed by atoms with E-state index in [2.05, 4.69) is 11.2 Å². The Morgan fingerprint density at radius 2 is 1.57 bits per heavy atom. The quantitative estimate of drug-likeness (QED) is 0.656. The van der Waals surface area contributed by atoms with Gasteiger partial charge in [0.2, 0.25) is 0 Å². The monoisotopic (exact) mass is 189 g/mol. The molecule has 0 spiro atoms. The molecule has 0 unspecified atom stereocenters. The molecule has 1 nitrogen and oxygen atoms in total. The van der Waals surface area contributed by atoms with Gasteiger partial charge in [-0.1, -0.05) is 5.92 Å². The molecule has 0 aromatic rings. The highest BCUT2D eigenvalue weighted by atomic mass is 15.0. The maximum Gasteiger partial charge on any atom is 0.0578 e. The van der Waals surface area contributed by atoms with Gasteiger partial charge in [0.05, 0.1) is 6.54 Å². The number of nitrogens with one attached hydrogen (secondary N) is 1. The second-order valence-electron chi connectivity index (χ2n) is 5.76. The average Bonchev–Trinajstić information content (AvgIpc) is 2.12. The van der Waals surface area contributed by atoms with Gasteiger partial charge in [-0.25, -0.2) is 0 Å². The van der Waals surface area contributed by atoms with Crippen LogP contribution in [0, 0.1) is 30.1 Å². The first-order valence-electron chi connectivity index (χ1n) is 5.98. The minimum atomic E-state index is 0.459. The summed E-state index contributed by atoms with van der Waals surface area (Å²) >= 11 is 0. The van der Waals surface area contributed by atoms with Crippen LogP contribution in [0.15, 0.2) is 0 Å². The highest BCUT2D eigenvalue weighted by molar-refractivity contribution is 5.07. The Bertz CT molecular complexity index is 238.